The second-order valence-electron chi connectivity index (χ2n) is 6.83. The number of ether oxygens (including phenoxy) is 1. The van der Waals surface area contributed by atoms with Crippen LogP contribution < -0.4 is 4.74 Å². The summed E-state index contributed by atoms with van der Waals surface area (Å²) in [7, 11) is -3.13. The molecule has 0 radical (unpaired) electrons. The normalized spacial score (nSPS) is 11.8. The van der Waals surface area contributed by atoms with Gasteiger partial charge < -0.3 is 9.64 Å². The summed E-state index contributed by atoms with van der Waals surface area (Å²) in [6.45, 7) is 10.5. The van der Waals surface area contributed by atoms with Crippen molar-refractivity contribution < 1.29 is 13.2 Å². The Morgan fingerprint density at radius 3 is 1.92 bits per heavy atom. The molecule has 0 atom stereocenters. The molecule has 0 aromatic heterocycles. The fourth-order valence-electron chi connectivity index (χ4n) is 2.81. The van der Waals surface area contributed by atoms with Gasteiger partial charge >= 0.3 is 0 Å². The van der Waals surface area contributed by atoms with E-state index < -0.39 is 9.84 Å². The van der Waals surface area contributed by atoms with Crippen LogP contribution in [0.1, 0.15) is 65.7 Å². The van der Waals surface area contributed by atoms with Gasteiger partial charge in [0, 0.05) is 0 Å². The molecule has 5 heteroatoms. The third-order valence-electron chi connectivity index (χ3n) is 4.61. The molecule has 0 heterocycles. The van der Waals surface area contributed by atoms with E-state index in [4.69, 9.17) is 4.74 Å². The monoisotopic (exact) mass is 383 g/mol. The molecule has 0 unspecified atom stereocenters. The van der Waals surface area contributed by atoms with E-state index in [1.807, 2.05) is 0 Å². The highest BCUT2D eigenvalue weighted by Crippen LogP contribution is 2.17. The highest BCUT2D eigenvalue weighted by molar-refractivity contribution is 7.91. The molecule has 150 valence electrons. The molecule has 0 bridgehead atoms. The first-order valence-electron chi connectivity index (χ1n) is 10.2. The molecule has 0 fully saturated rings. The van der Waals surface area contributed by atoms with Crippen molar-refractivity contribution in [2.45, 2.75) is 70.6 Å². The molecular formula is C21H37NO3S. The average molecular weight is 384 g/mol. The standard InChI is InChI=1S/C21H37NO3S/c1-4-7-16-22(17-8-5-2)18-10-9-11-19-25-20-12-14-21(15-13-20)26(23,24)6-3/h12-15H,4-11,16-19H2,1-3H3. The Balaban J connectivity index is 2.23. The molecule has 0 amide bonds. The molecule has 4 nitrogen and oxygen atoms in total. The van der Waals surface area contributed by atoms with Crippen LogP contribution in [0.5, 0.6) is 5.75 Å². The minimum absolute atomic E-state index is 0.126. The van der Waals surface area contributed by atoms with Crippen LogP contribution in [0.4, 0.5) is 0 Å². The van der Waals surface area contributed by atoms with Crippen LogP contribution in [-0.4, -0.2) is 45.3 Å². The van der Waals surface area contributed by atoms with Gasteiger partial charge in [-0.2, -0.15) is 0 Å². The lowest BCUT2D eigenvalue weighted by Gasteiger charge is -2.21. The van der Waals surface area contributed by atoms with E-state index in [1.165, 1.54) is 51.7 Å². The smallest absolute Gasteiger partial charge is 0.178 e. The first-order chi connectivity index (χ1) is 12.5. The summed E-state index contributed by atoms with van der Waals surface area (Å²) in [4.78, 5) is 2.97. The van der Waals surface area contributed by atoms with Crippen molar-refractivity contribution in [1.82, 2.24) is 4.90 Å². The Bertz CT molecular complexity index is 561. The topological polar surface area (TPSA) is 46.6 Å². The number of rotatable bonds is 15. The fourth-order valence-corrected chi connectivity index (χ4v) is 3.70. The third-order valence-corrected chi connectivity index (χ3v) is 6.36. The van der Waals surface area contributed by atoms with Crippen LogP contribution >= 0.6 is 0 Å². The summed E-state index contributed by atoms with van der Waals surface area (Å²) in [6, 6.07) is 6.76. The summed E-state index contributed by atoms with van der Waals surface area (Å²) < 4.78 is 29.3. The molecule has 0 saturated carbocycles. The Labute approximate surface area is 160 Å². The lowest BCUT2D eigenvalue weighted by atomic mass is 10.2. The first kappa shape index (κ1) is 23.0. The molecule has 0 saturated heterocycles. The quantitative estimate of drug-likeness (QED) is 0.403. The van der Waals surface area contributed by atoms with E-state index in [-0.39, 0.29) is 5.75 Å². The van der Waals surface area contributed by atoms with E-state index in [0.717, 1.165) is 18.6 Å². The van der Waals surface area contributed by atoms with Gasteiger partial charge in [-0.05, 0) is 76.0 Å². The molecule has 1 rings (SSSR count). The van der Waals surface area contributed by atoms with Crippen molar-refractivity contribution in [2.75, 3.05) is 32.0 Å². The summed E-state index contributed by atoms with van der Waals surface area (Å²) in [5, 5.41) is 0. The van der Waals surface area contributed by atoms with Gasteiger partial charge in [-0.3, -0.25) is 0 Å². The highest BCUT2D eigenvalue weighted by Gasteiger charge is 2.10. The number of nitrogens with zero attached hydrogens (tertiary/aromatic N) is 1. The van der Waals surface area contributed by atoms with Crippen molar-refractivity contribution >= 4 is 9.84 Å². The number of hydrogen-bond donors (Lipinski definition) is 0. The predicted molar refractivity (Wildman–Crippen MR) is 110 cm³/mol. The number of sulfone groups is 1. The molecule has 1 aromatic rings. The van der Waals surface area contributed by atoms with Crippen molar-refractivity contribution in [3.63, 3.8) is 0 Å². The maximum Gasteiger partial charge on any atom is 0.178 e. The zero-order valence-corrected chi connectivity index (χ0v) is 17.7. The number of benzene rings is 1. The average Bonchev–Trinajstić information content (AvgIpc) is 2.66. The largest absolute Gasteiger partial charge is 0.494 e. The van der Waals surface area contributed by atoms with Crippen LogP contribution in [0.25, 0.3) is 0 Å². The van der Waals surface area contributed by atoms with Crippen molar-refractivity contribution in [2.24, 2.45) is 0 Å². The number of unbranched alkanes of at least 4 members (excludes halogenated alkanes) is 4. The second-order valence-corrected chi connectivity index (χ2v) is 9.11. The molecular weight excluding hydrogens is 346 g/mol. The zero-order valence-electron chi connectivity index (χ0n) is 16.9. The highest BCUT2D eigenvalue weighted by atomic mass is 32.2. The third kappa shape index (κ3) is 9.04. The van der Waals surface area contributed by atoms with Gasteiger partial charge in [-0.25, -0.2) is 8.42 Å². The summed E-state index contributed by atoms with van der Waals surface area (Å²) in [5.74, 6) is 0.869. The predicted octanol–water partition coefficient (Wildman–Crippen LogP) is 4.93. The lowest BCUT2D eigenvalue weighted by molar-refractivity contribution is 0.252. The maximum absolute atomic E-state index is 11.8. The molecule has 0 aliphatic carbocycles. The van der Waals surface area contributed by atoms with E-state index in [0.29, 0.717) is 11.5 Å². The Morgan fingerprint density at radius 1 is 0.808 bits per heavy atom. The summed E-state index contributed by atoms with van der Waals surface area (Å²) in [5.41, 5.74) is 0. The van der Waals surface area contributed by atoms with Crippen LogP contribution in [0, 0.1) is 0 Å². The number of hydrogen-bond acceptors (Lipinski definition) is 4. The van der Waals surface area contributed by atoms with E-state index in [1.54, 1.807) is 31.2 Å². The second kappa shape index (κ2) is 13.2. The van der Waals surface area contributed by atoms with Gasteiger partial charge in [0.1, 0.15) is 5.75 Å². The molecule has 0 aliphatic heterocycles. The Kier molecular flexibility index (Phi) is 11.6. The Hall–Kier alpha value is -1.07. The van der Waals surface area contributed by atoms with E-state index in [2.05, 4.69) is 18.7 Å². The van der Waals surface area contributed by atoms with E-state index >= 15 is 0 Å². The maximum atomic E-state index is 11.8. The molecule has 0 spiro atoms. The molecule has 0 N–H and O–H groups in total. The van der Waals surface area contributed by atoms with Gasteiger partial charge in [0.2, 0.25) is 0 Å². The zero-order chi connectivity index (χ0) is 19.3. The van der Waals surface area contributed by atoms with Gasteiger partial charge in [-0.15, -0.1) is 0 Å². The van der Waals surface area contributed by atoms with Gasteiger partial charge in [0.15, 0.2) is 9.84 Å². The molecule has 1 aromatic carbocycles. The fraction of sp³-hybridized carbons (Fsp3) is 0.714. The minimum Gasteiger partial charge on any atom is -0.494 e. The van der Waals surface area contributed by atoms with Crippen LogP contribution in [0.15, 0.2) is 29.2 Å². The summed E-state index contributed by atoms with van der Waals surface area (Å²) >= 11 is 0. The van der Waals surface area contributed by atoms with Crippen molar-refractivity contribution in [3.05, 3.63) is 24.3 Å². The lowest BCUT2D eigenvalue weighted by Crippen LogP contribution is -2.27. The van der Waals surface area contributed by atoms with Crippen molar-refractivity contribution in [1.29, 1.82) is 0 Å². The van der Waals surface area contributed by atoms with E-state index in [9.17, 15) is 8.42 Å². The van der Waals surface area contributed by atoms with Crippen LogP contribution in [0.3, 0.4) is 0 Å². The Morgan fingerprint density at radius 2 is 1.38 bits per heavy atom. The molecule has 26 heavy (non-hydrogen) atoms. The first-order valence-corrected chi connectivity index (χ1v) is 11.9. The van der Waals surface area contributed by atoms with Gasteiger partial charge in [0.25, 0.3) is 0 Å². The minimum atomic E-state index is -3.13. The van der Waals surface area contributed by atoms with Crippen molar-refractivity contribution in [3.8, 4) is 5.75 Å². The molecule has 0 aliphatic rings. The van der Waals surface area contributed by atoms with Gasteiger partial charge in [0.05, 0.1) is 17.3 Å². The summed E-state index contributed by atoms with van der Waals surface area (Å²) in [6.07, 6.45) is 8.50. The van der Waals surface area contributed by atoms with Crippen LogP contribution in [-0.2, 0) is 9.84 Å². The van der Waals surface area contributed by atoms with Gasteiger partial charge in [-0.1, -0.05) is 33.6 Å². The SMILES string of the molecule is CCCCN(CCCC)CCCCCOc1ccc(S(=O)(=O)CC)cc1. The van der Waals surface area contributed by atoms with Crippen LogP contribution in [0.2, 0.25) is 0 Å².